The molecule has 1 aromatic rings. The quantitative estimate of drug-likeness (QED) is 0.735. The van der Waals surface area contributed by atoms with Gasteiger partial charge in [-0.25, -0.2) is 4.98 Å². The SMILES string of the molecule is Cc1csc(NC(=O)C2CCN2)n1. The minimum Gasteiger partial charge on any atom is -0.306 e. The number of aryl methyl sites for hydroxylation is 1. The van der Waals surface area contributed by atoms with Gasteiger partial charge in [-0.3, -0.25) is 4.79 Å². The molecule has 2 heterocycles. The molecular formula is C8H11N3OS. The first kappa shape index (κ1) is 8.65. The number of nitrogens with one attached hydrogen (secondary N) is 2. The van der Waals surface area contributed by atoms with E-state index in [1.54, 1.807) is 0 Å². The fraction of sp³-hybridized carbons (Fsp3) is 0.500. The van der Waals surface area contributed by atoms with E-state index in [4.69, 9.17) is 0 Å². The minimum atomic E-state index is -0.00999. The number of hydrogen-bond acceptors (Lipinski definition) is 4. The van der Waals surface area contributed by atoms with Crippen molar-refractivity contribution < 1.29 is 4.79 Å². The topological polar surface area (TPSA) is 54.0 Å². The van der Waals surface area contributed by atoms with E-state index in [2.05, 4.69) is 15.6 Å². The van der Waals surface area contributed by atoms with E-state index >= 15 is 0 Å². The fourth-order valence-electron chi connectivity index (χ4n) is 1.12. The smallest absolute Gasteiger partial charge is 0.243 e. The summed E-state index contributed by atoms with van der Waals surface area (Å²) in [6.45, 7) is 2.85. The monoisotopic (exact) mass is 197 g/mol. The Labute approximate surface area is 80.4 Å². The van der Waals surface area contributed by atoms with Crippen molar-refractivity contribution in [2.24, 2.45) is 0 Å². The molecule has 0 aromatic carbocycles. The highest BCUT2D eigenvalue weighted by Gasteiger charge is 2.24. The second-order valence-electron chi connectivity index (χ2n) is 3.08. The van der Waals surface area contributed by atoms with Crippen molar-refractivity contribution >= 4 is 22.4 Å². The van der Waals surface area contributed by atoms with Crippen LogP contribution < -0.4 is 10.6 Å². The highest BCUT2D eigenvalue weighted by atomic mass is 32.1. The number of carbonyl (C=O) groups excluding carboxylic acids is 1. The van der Waals surface area contributed by atoms with Crippen molar-refractivity contribution in [2.45, 2.75) is 19.4 Å². The van der Waals surface area contributed by atoms with Crippen LogP contribution in [0, 0.1) is 6.92 Å². The summed E-state index contributed by atoms with van der Waals surface area (Å²) in [6, 6.07) is -0.00999. The average Bonchev–Trinajstić information content (AvgIpc) is 2.31. The Morgan fingerprint density at radius 3 is 3.08 bits per heavy atom. The summed E-state index contributed by atoms with van der Waals surface area (Å²) in [5.41, 5.74) is 0.946. The molecule has 4 nitrogen and oxygen atoms in total. The number of rotatable bonds is 2. The fourth-order valence-corrected chi connectivity index (χ4v) is 1.81. The van der Waals surface area contributed by atoms with E-state index in [1.807, 2.05) is 12.3 Å². The van der Waals surface area contributed by atoms with Crippen LogP contribution in [0.3, 0.4) is 0 Å². The second-order valence-corrected chi connectivity index (χ2v) is 3.94. The number of carbonyl (C=O) groups is 1. The second kappa shape index (κ2) is 3.43. The van der Waals surface area contributed by atoms with E-state index in [-0.39, 0.29) is 11.9 Å². The molecule has 13 heavy (non-hydrogen) atoms. The number of thiazole rings is 1. The molecule has 0 bridgehead atoms. The summed E-state index contributed by atoms with van der Waals surface area (Å²) in [7, 11) is 0. The first-order valence-electron chi connectivity index (χ1n) is 4.22. The largest absolute Gasteiger partial charge is 0.306 e. The number of aromatic nitrogens is 1. The lowest BCUT2D eigenvalue weighted by atomic mass is 10.1. The van der Waals surface area contributed by atoms with Crippen molar-refractivity contribution in [1.29, 1.82) is 0 Å². The van der Waals surface area contributed by atoms with Gasteiger partial charge < -0.3 is 10.6 Å². The molecule has 0 radical (unpaired) electrons. The lowest BCUT2D eigenvalue weighted by Crippen LogP contribution is -2.50. The molecule has 0 saturated carbocycles. The van der Waals surface area contributed by atoms with Crippen LogP contribution in [0.5, 0.6) is 0 Å². The zero-order chi connectivity index (χ0) is 9.26. The average molecular weight is 197 g/mol. The van der Waals surface area contributed by atoms with E-state index < -0.39 is 0 Å². The Kier molecular flexibility index (Phi) is 2.28. The maximum Gasteiger partial charge on any atom is 0.243 e. The van der Waals surface area contributed by atoms with Gasteiger partial charge in [-0.2, -0.15) is 0 Å². The van der Waals surface area contributed by atoms with Gasteiger partial charge in [0.25, 0.3) is 0 Å². The first-order valence-corrected chi connectivity index (χ1v) is 5.10. The molecular weight excluding hydrogens is 186 g/mol. The van der Waals surface area contributed by atoms with Crippen LogP contribution in [-0.2, 0) is 4.79 Å². The molecule has 1 amide bonds. The van der Waals surface area contributed by atoms with E-state index in [1.165, 1.54) is 11.3 Å². The zero-order valence-corrected chi connectivity index (χ0v) is 8.15. The van der Waals surface area contributed by atoms with Crippen LogP contribution >= 0.6 is 11.3 Å². The normalized spacial score (nSPS) is 20.8. The number of anilines is 1. The molecule has 1 aliphatic rings. The maximum atomic E-state index is 11.4. The third-order valence-corrected chi connectivity index (χ3v) is 2.86. The summed E-state index contributed by atoms with van der Waals surface area (Å²) in [5.74, 6) is 0.0283. The molecule has 1 aliphatic heterocycles. The summed E-state index contributed by atoms with van der Waals surface area (Å²) >= 11 is 1.46. The maximum absolute atomic E-state index is 11.4. The van der Waals surface area contributed by atoms with Crippen LogP contribution in [0.1, 0.15) is 12.1 Å². The van der Waals surface area contributed by atoms with Crippen molar-refractivity contribution in [2.75, 3.05) is 11.9 Å². The Hall–Kier alpha value is -0.940. The van der Waals surface area contributed by atoms with Gasteiger partial charge in [0.1, 0.15) is 0 Å². The molecule has 1 saturated heterocycles. The first-order chi connectivity index (χ1) is 6.25. The predicted molar refractivity (Wildman–Crippen MR) is 51.9 cm³/mol. The molecule has 5 heteroatoms. The Balaban J connectivity index is 1.93. The van der Waals surface area contributed by atoms with E-state index in [9.17, 15) is 4.79 Å². The molecule has 2 rings (SSSR count). The molecule has 1 fully saturated rings. The van der Waals surface area contributed by atoms with Gasteiger partial charge in [0.05, 0.1) is 11.7 Å². The zero-order valence-electron chi connectivity index (χ0n) is 7.33. The van der Waals surface area contributed by atoms with Crippen molar-refractivity contribution in [1.82, 2.24) is 10.3 Å². The predicted octanol–water partition coefficient (Wildman–Crippen LogP) is 0.752. The van der Waals surface area contributed by atoms with Gasteiger partial charge in [-0.1, -0.05) is 0 Å². The summed E-state index contributed by atoms with van der Waals surface area (Å²) < 4.78 is 0. The lowest BCUT2D eigenvalue weighted by molar-refractivity contribution is -0.119. The highest BCUT2D eigenvalue weighted by Crippen LogP contribution is 2.15. The highest BCUT2D eigenvalue weighted by molar-refractivity contribution is 7.13. The van der Waals surface area contributed by atoms with Crippen LogP contribution in [0.15, 0.2) is 5.38 Å². The molecule has 1 atom stereocenters. The van der Waals surface area contributed by atoms with E-state index in [0.717, 1.165) is 18.7 Å². The minimum absolute atomic E-state index is 0.00999. The Morgan fingerprint density at radius 2 is 2.62 bits per heavy atom. The molecule has 0 spiro atoms. The van der Waals surface area contributed by atoms with E-state index in [0.29, 0.717) is 5.13 Å². The van der Waals surface area contributed by atoms with Crippen LogP contribution in [0.2, 0.25) is 0 Å². The summed E-state index contributed by atoms with van der Waals surface area (Å²) in [6.07, 6.45) is 0.927. The van der Waals surface area contributed by atoms with Crippen molar-refractivity contribution in [3.05, 3.63) is 11.1 Å². The van der Waals surface area contributed by atoms with Crippen LogP contribution in [0.4, 0.5) is 5.13 Å². The van der Waals surface area contributed by atoms with Gasteiger partial charge in [0, 0.05) is 5.38 Å². The molecule has 0 aliphatic carbocycles. The number of hydrogen-bond donors (Lipinski definition) is 2. The summed E-state index contributed by atoms with van der Waals surface area (Å²) in [5, 5.41) is 8.42. The molecule has 1 unspecified atom stereocenters. The van der Waals surface area contributed by atoms with Crippen molar-refractivity contribution in [3.8, 4) is 0 Å². The standard InChI is InChI=1S/C8H11N3OS/c1-5-4-13-8(10-5)11-7(12)6-2-3-9-6/h4,6,9H,2-3H2,1H3,(H,10,11,12). The molecule has 1 aromatic heterocycles. The van der Waals surface area contributed by atoms with Gasteiger partial charge in [0.2, 0.25) is 5.91 Å². The Morgan fingerprint density at radius 1 is 1.85 bits per heavy atom. The molecule has 70 valence electrons. The summed E-state index contributed by atoms with van der Waals surface area (Å²) in [4.78, 5) is 15.5. The number of amides is 1. The van der Waals surface area contributed by atoms with Crippen LogP contribution in [-0.4, -0.2) is 23.5 Å². The van der Waals surface area contributed by atoms with Gasteiger partial charge >= 0.3 is 0 Å². The van der Waals surface area contributed by atoms with Gasteiger partial charge in [-0.15, -0.1) is 11.3 Å². The number of nitrogens with zero attached hydrogens (tertiary/aromatic N) is 1. The Bertz CT molecular complexity index is 319. The third-order valence-electron chi connectivity index (χ3n) is 1.99. The third kappa shape index (κ3) is 1.87. The van der Waals surface area contributed by atoms with Gasteiger partial charge in [-0.05, 0) is 19.9 Å². The van der Waals surface area contributed by atoms with Gasteiger partial charge in [0.15, 0.2) is 5.13 Å². The van der Waals surface area contributed by atoms with Crippen molar-refractivity contribution in [3.63, 3.8) is 0 Å². The lowest BCUT2D eigenvalue weighted by Gasteiger charge is -2.25. The van der Waals surface area contributed by atoms with Crippen LogP contribution in [0.25, 0.3) is 0 Å². The molecule has 2 N–H and O–H groups in total.